The molecule has 1 N–H and O–H groups in total. The van der Waals surface area contributed by atoms with Gasteiger partial charge in [0.2, 0.25) is 0 Å². The average Bonchev–Trinajstić information content (AvgIpc) is 3.18. The number of carbonyl (C=O) groups is 1. The van der Waals surface area contributed by atoms with Crippen molar-refractivity contribution in [2.24, 2.45) is 0 Å². The largest absolute Gasteiger partial charge is 0.490 e. The highest BCUT2D eigenvalue weighted by Gasteiger charge is 2.52. The van der Waals surface area contributed by atoms with Crippen molar-refractivity contribution in [2.45, 2.75) is 37.5 Å². The highest BCUT2D eigenvalue weighted by Crippen LogP contribution is 2.50. The maximum absolute atomic E-state index is 11.4. The van der Waals surface area contributed by atoms with Crippen molar-refractivity contribution in [3.05, 3.63) is 23.8 Å². The molecule has 0 saturated heterocycles. The van der Waals surface area contributed by atoms with Crippen LogP contribution < -0.4 is 9.47 Å². The van der Waals surface area contributed by atoms with Gasteiger partial charge in [0.15, 0.2) is 11.5 Å². The molecule has 0 amide bonds. The molecule has 1 aromatic carbocycles. The van der Waals surface area contributed by atoms with Crippen LogP contribution in [0.3, 0.4) is 0 Å². The lowest BCUT2D eigenvalue weighted by molar-refractivity contribution is -0.140. The molecule has 19 heavy (non-hydrogen) atoms. The molecule has 0 unspecified atom stereocenters. The van der Waals surface area contributed by atoms with Gasteiger partial charge in [0.25, 0.3) is 0 Å². The maximum Gasteiger partial charge on any atom is 0.314 e. The first kappa shape index (κ1) is 12.3. The van der Waals surface area contributed by atoms with Crippen LogP contribution in [0, 0.1) is 0 Å². The van der Waals surface area contributed by atoms with Crippen LogP contribution in [-0.2, 0) is 10.2 Å². The van der Waals surface area contributed by atoms with E-state index in [9.17, 15) is 9.90 Å². The SMILES string of the molecule is O=C(O)C1(c2ccc3c(c2)OCCCCCO3)CC1. The third-order valence-corrected chi connectivity index (χ3v) is 3.96. The lowest BCUT2D eigenvalue weighted by atomic mass is 9.96. The number of hydrogen-bond donors (Lipinski definition) is 1. The zero-order valence-electron chi connectivity index (χ0n) is 10.9. The second kappa shape index (κ2) is 4.76. The third-order valence-electron chi connectivity index (χ3n) is 3.96. The number of ether oxygens (including phenoxy) is 2. The van der Waals surface area contributed by atoms with Gasteiger partial charge in [-0.3, -0.25) is 4.79 Å². The Bertz CT molecular complexity index is 491. The van der Waals surface area contributed by atoms with E-state index in [0.29, 0.717) is 31.8 Å². The predicted octanol–water partition coefficient (Wildman–Crippen LogP) is 2.74. The van der Waals surface area contributed by atoms with E-state index in [1.165, 1.54) is 0 Å². The zero-order chi connectivity index (χ0) is 13.3. The van der Waals surface area contributed by atoms with E-state index in [2.05, 4.69) is 0 Å². The normalized spacial score (nSPS) is 20.8. The first-order valence-corrected chi connectivity index (χ1v) is 6.86. The van der Waals surface area contributed by atoms with Gasteiger partial charge in [-0.1, -0.05) is 6.07 Å². The highest BCUT2D eigenvalue weighted by atomic mass is 16.5. The second-order valence-corrected chi connectivity index (χ2v) is 5.31. The summed E-state index contributed by atoms with van der Waals surface area (Å²) in [6, 6.07) is 5.56. The summed E-state index contributed by atoms with van der Waals surface area (Å²) in [4.78, 5) is 11.4. The molecular formula is C15H18O4. The summed E-state index contributed by atoms with van der Waals surface area (Å²) < 4.78 is 11.4. The minimum Gasteiger partial charge on any atom is -0.490 e. The van der Waals surface area contributed by atoms with Gasteiger partial charge in [0, 0.05) is 0 Å². The van der Waals surface area contributed by atoms with Gasteiger partial charge < -0.3 is 14.6 Å². The highest BCUT2D eigenvalue weighted by molar-refractivity contribution is 5.85. The van der Waals surface area contributed by atoms with E-state index in [1.807, 2.05) is 18.2 Å². The zero-order valence-corrected chi connectivity index (χ0v) is 10.9. The van der Waals surface area contributed by atoms with Crippen LogP contribution in [0.1, 0.15) is 37.7 Å². The summed E-state index contributed by atoms with van der Waals surface area (Å²) >= 11 is 0. The molecule has 1 saturated carbocycles. The van der Waals surface area contributed by atoms with E-state index in [0.717, 1.165) is 30.6 Å². The van der Waals surface area contributed by atoms with E-state index < -0.39 is 11.4 Å². The molecule has 1 aliphatic heterocycles. The summed E-state index contributed by atoms with van der Waals surface area (Å²) in [6.07, 6.45) is 4.56. The number of fused-ring (bicyclic) bond motifs is 1. The molecule has 102 valence electrons. The fourth-order valence-corrected chi connectivity index (χ4v) is 2.53. The Morgan fingerprint density at radius 2 is 1.74 bits per heavy atom. The maximum atomic E-state index is 11.4. The van der Waals surface area contributed by atoms with Crippen LogP contribution in [0.4, 0.5) is 0 Å². The summed E-state index contributed by atoms with van der Waals surface area (Å²) in [6.45, 7) is 1.36. The molecule has 1 aliphatic carbocycles. The standard InChI is InChI=1S/C15H18O4/c16-14(17)15(6-7-15)11-4-5-12-13(10-11)19-9-3-1-2-8-18-12/h4-5,10H,1-3,6-9H2,(H,16,17). The van der Waals surface area contributed by atoms with E-state index in [4.69, 9.17) is 9.47 Å². The predicted molar refractivity (Wildman–Crippen MR) is 69.8 cm³/mol. The first-order chi connectivity index (χ1) is 9.22. The number of carboxylic acids is 1. The molecule has 0 bridgehead atoms. The third kappa shape index (κ3) is 2.27. The molecule has 1 fully saturated rings. The molecule has 0 radical (unpaired) electrons. The molecular weight excluding hydrogens is 244 g/mol. The van der Waals surface area contributed by atoms with Gasteiger partial charge in [-0.15, -0.1) is 0 Å². The summed E-state index contributed by atoms with van der Waals surface area (Å²) in [5.74, 6) is 0.676. The molecule has 4 nitrogen and oxygen atoms in total. The minimum atomic E-state index is -0.739. The molecule has 1 aromatic rings. The van der Waals surface area contributed by atoms with Crippen LogP contribution in [-0.4, -0.2) is 24.3 Å². The van der Waals surface area contributed by atoms with Crippen LogP contribution in [0.15, 0.2) is 18.2 Å². The Hall–Kier alpha value is -1.71. The summed E-state index contributed by atoms with van der Waals surface area (Å²) in [5, 5.41) is 9.33. The molecule has 4 heteroatoms. The van der Waals surface area contributed by atoms with Gasteiger partial charge in [0.05, 0.1) is 18.6 Å². The van der Waals surface area contributed by atoms with Crippen LogP contribution in [0.2, 0.25) is 0 Å². The van der Waals surface area contributed by atoms with Crippen LogP contribution in [0.5, 0.6) is 11.5 Å². The second-order valence-electron chi connectivity index (χ2n) is 5.31. The number of aliphatic carboxylic acids is 1. The van der Waals surface area contributed by atoms with Gasteiger partial charge in [-0.05, 0) is 49.8 Å². The van der Waals surface area contributed by atoms with Crippen molar-refractivity contribution in [2.75, 3.05) is 13.2 Å². The molecule has 0 spiro atoms. The first-order valence-electron chi connectivity index (χ1n) is 6.86. The molecule has 3 rings (SSSR count). The number of rotatable bonds is 2. The van der Waals surface area contributed by atoms with E-state index in [1.54, 1.807) is 0 Å². The van der Waals surface area contributed by atoms with E-state index >= 15 is 0 Å². The van der Waals surface area contributed by atoms with Gasteiger partial charge in [0.1, 0.15) is 0 Å². The molecule has 2 aliphatic rings. The minimum absolute atomic E-state index is 0.667. The molecule has 1 heterocycles. The van der Waals surface area contributed by atoms with Crippen molar-refractivity contribution in [3.8, 4) is 11.5 Å². The number of carboxylic acid groups (broad SMARTS) is 1. The smallest absolute Gasteiger partial charge is 0.314 e. The quantitative estimate of drug-likeness (QED) is 0.890. The Morgan fingerprint density at radius 1 is 1.05 bits per heavy atom. The summed E-state index contributed by atoms with van der Waals surface area (Å²) in [7, 11) is 0. The fourth-order valence-electron chi connectivity index (χ4n) is 2.53. The van der Waals surface area contributed by atoms with Gasteiger partial charge >= 0.3 is 5.97 Å². The molecule has 0 aromatic heterocycles. The topological polar surface area (TPSA) is 55.8 Å². The Morgan fingerprint density at radius 3 is 2.37 bits per heavy atom. The molecule has 0 atom stereocenters. The number of benzene rings is 1. The lowest BCUT2D eigenvalue weighted by Crippen LogP contribution is -2.19. The van der Waals surface area contributed by atoms with Gasteiger partial charge in [-0.25, -0.2) is 0 Å². The van der Waals surface area contributed by atoms with Crippen molar-refractivity contribution in [1.82, 2.24) is 0 Å². The Balaban J connectivity index is 1.91. The van der Waals surface area contributed by atoms with Crippen molar-refractivity contribution < 1.29 is 19.4 Å². The summed E-state index contributed by atoms with van der Waals surface area (Å²) in [5.41, 5.74) is 0.151. The van der Waals surface area contributed by atoms with Crippen LogP contribution >= 0.6 is 0 Å². The van der Waals surface area contributed by atoms with E-state index in [-0.39, 0.29) is 0 Å². The average molecular weight is 262 g/mol. The number of hydrogen-bond acceptors (Lipinski definition) is 3. The Labute approximate surface area is 112 Å². The van der Waals surface area contributed by atoms with Crippen LogP contribution in [0.25, 0.3) is 0 Å². The fraction of sp³-hybridized carbons (Fsp3) is 0.533. The van der Waals surface area contributed by atoms with Crippen molar-refractivity contribution in [1.29, 1.82) is 0 Å². The van der Waals surface area contributed by atoms with Gasteiger partial charge in [-0.2, -0.15) is 0 Å². The van der Waals surface area contributed by atoms with Crippen molar-refractivity contribution in [3.63, 3.8) is 0 Å². The lowest BCUT2D eigenvalue weighted by Gasteiger charge is -2.15. The monoisotopic (exact) mass is 262 g/mol. The Kier molecular flexibility index (Phi) is 3.09. The van der Waals surface area contributed by atoms with Crippen molar-refractivity contribution >= 4 is 5.97 Å².